The van der Waals surface area contributed by atoms with Crippen molar-refractivity contribution in [3.05, 3.63) is 116 Å². The lowest BCUT2D eigenvalue weighted by Crippen LogP contribution is -2.54. The number of rotatable bonds is 9. The summed E-state index contributed by atoms with van der Waals surface area (Å²) in [4.78, 5) is 64.4. The van der Waals surface area contributed by atoms with E-state index in [1.165, 1.54) is 30.5 Å². The summed E-state index contributed by atoms with van der Waals surface area (Å²) >= 11 is 14.0. The van der Waals surface area contributed by atoms with Gasteiger partial charge in [-0.05, 0) is 71.7 Å². The van der Waals surface area contributed by atoms with E-state index >= 15 is 4.79 Å². The van der Waals surface area contributed by atoms with Crippen LogP contribution in [-0.4, -0.2) is 57.8 Å². The molecule has 2 aromatic carbocycles. The van der Waals surface area contributed by atoms with E-state index in [4.69, 9.17) is 32.7 Å². The van der Waals surface area contributed by atoms with Gasteiger partial charge < -0.3 is 14.6 Å². The monoisotopic (exact) mass is 852 g/mol. The molecule has 17 heteroatoms. The molecular weight excluding hydrogens is 820 g/mol. The number of likely N-dealkylation sites (tertiary alicyclic amines) is 1. The minimum Gasteiger partial charge on any atom is -0.502 e. The number of ether oxygens (including phenoxy) is 2. The predicted molar refractivity (Wildman–Crippen MR) is 208 cm³/mol. The maximum Gasteiger partial charge on any atom is 0.417 e. The van der Waals surface area contributed by atoms with E-state index in [0.717, 1.165) is 9.89 Å². The first-order valence-corrected chi connectivity index (χ1v) is 19.7. The molecule has 2 aliphatic heterocycles. The number of nitrogens with zero attached hydrogens (tertiary/aromatic N) is 3. The van der Waals surface area contributed by atoms with Crippen LogP contribution in [0.1, 0.15) is 34.4 Å². The maximum absolute atomic E-state index is 15.3. The fraction of sp³-hybridized carbons (Fsp3) is 0.293. The number of phenols is 1. The van der Waals surface area contributed by atoms with Gasteiger partial charge in [0.25, 0.3) is 11.8 Å². The van der Waals surface area contributed by atoms with Crippen LogP contribution in [0.3, 0.4) is 0 Å². The Hall–Kier alpha value is -5.38. The molecule has 0 radical (unpaired) electrons. The fourth-order valence-electron chi connectivity index (χ4n) is 9.03. The number of thiophene rings is 1. The van der Waals surface area contributed by atoms with Gasteiger partial charge in [0.05, 0.1) is 54.5 Å². The standard InChI is InChI=1S/C41H33Cl2F3N4O7S/c1-56-31-14-20(15-32(57-2)34(31)51)5-12-28-25-10-11-26-33(38(54)49(36(26)52)19-24-4-3-13-58-24)27(25)17-29-37(53)50(39(55)40(28,29)21-6-8-23(42)9-7-21)48-35-30(43)16-22(18-47-35)41(44,45)46/h3-10,12-16,18,26-29,33,51H,11,17,19H2,1-2H3,(H,47,48)/t26-,27+,28-,29-,33-,40-/m0/s1. The number of aromatic hydroxyl groups is 1. The van der Waals surface area contributed by atoms with E-state index in [2.05, 4.69) is 10.4 Å². The largest absolute Gasteiger partial charge is 0.502 e. The number of hydrogen-bond donors (Lipinski definition) is 2. The van der Waals surface area contributed by atoms with Gasteiger partial charge in [0.15, 0.2) is 17.3 Å². The molecule has 300 valence electrons. The fourth-order valence-corrected chi connectivity index (χ4v) is 10.1. The second kappa shape index (κ2) is 14.8. The zero-order chi connectivity index (χ0) is 41.3. The number of halogens is 5. The molecule has 0 unspecified atom stereocenters. The molecule has 4 aromatic rings. The Morgan fingerprint density at radius 3 is 2.33 bits per heavy atom. The van der Waals surface area contributed by atoms with Crippen molar-refractivity contribution in [2.45, 2.75) is 31.0 Å². The van der Waals surface area contributed by atoms with Gasteiger partial charge in [-0.25, -0.2) is 4.98 Å². The third-order valence-electron chi connectivity index (χ3n) is 11.6. The number of allylic oxidation sites excluding steroid dienone is 3. The van der Waals surface area contributed by atoms with Crippen molar-refractivity contribution in [3.63, 3.8) is 0 Å². The molecule has 4 aliphatic rings. The first-order chi connectivity index (χ1) is 27.7. The molecule has 2 N–H and O–H groups in total. The van der Waals surface area contributed by atoms with E-state index in [1.807, 2.05) is 23.6 Å². The number of phenolic OH excluding ortho intramolecular Hbond substituents is 1. The number of fused-ring (bicyclic) bond motifs is 4. The van der Waals surface area contributed by atoms with Crippen LogP contribution in [-0.2, 0) is 37.3 Å². The molecule has 0 bridgehead atoms. The second-order valence-electron chi connectivity index (χ2n) is 14.4. The number of pyridine rings is 1. The van der Waals surface area contributed by atoms with Gasteiger partial charge in [0.2, 0.25) is 17.6 Å². The van der Waals surface area contributed by atoms with Crippen molar-refractivity contribution in [1.82, 2.24) is 14.9 Å². The zero-order valence-corrected chi connectivity index (χ0v) is 33.0. The Labute approximate surface area is 343 Å². The summed E-state index contributed by atoms with van der Waals surface area (Å²) in [5.41, 5.74) is 1.33. The molecule has 1 saturated carbocycles. The normalized spacial score (nSPS) is 25.5. The number of amides is 4. The van der Waals surface area contributed by atoms with E-state index < -0.39 is 63.6 Å². The van der Waals surface area contributed by atoms with Crippen LogP contribution in [0.2, 0.25) is 10.0 Å². The first-order valence-electron chi connectivity index (χ1n) is 18.0. The molecule has 3 fully saturated rings. The van der Waals surface area contributed by atoms with Gasteiger partial charge in [-0.15, -0.1) is 11.3 Å². The van der Waals surface area contributed by atoms with Gasteiger partial charge in [-0.3, -0.25) is 29.5 Å². The molecule has 11 nitrogen and oxygen atoms in total. The summed E-state index contributed by atoms with van der Waals surface area (Å²) in [6, 6.07) is 13.9. The zero-order valence-electron chi connectivity index (χ0n) is 30.6. The molecule has 58 heavy (non-hydrogen) atoms. The summed E-state index contributed by atoms with van der Waals surface area (Å²) in [5, 5.41) is 13.1. The average molecular weight is 854 g/mol. The van der Waals surface area contributed by atoms with E-state index in [9.17, 15) is 32.7 Å². The Morgan fingerprint density at radius 2 is 1.71 bits per heavy atom. The van der Waals surface area contributed by atoms with Crippen LogP contribution < -0.4 is 14.9 Å². The van der Waals surface area contributed by atoms with Gasteiger partial charge in [0, 0.05) is 22.0 Å². The Kier molecular flexibility index (Phi) is 10.0. The highest BCUT2D eigenvalue weighted by molar-refractivity contribution is 7.09. The molecule has 4 heterocycles. The lowest BCUT2D eigenvalue weighted by Gasteiger charge is -2.49. The van der Waals surface area contributed by atoms with Crippen molar-refractivity contribution >= 4 is 70.1 Å². The lowest BCUT2D eigenvalue weighted by atomic mass is 9.50. The van der Waals surface area contributed by atoms with Gasteiger partial charge in [0.1, 0.15) is 0 Å². The minimum absolute atomic E-state index is 0.0242. The Morgan fingerprint density at radius 1 is 1.00 bits per heavy atom. The van der Waals surface area contributed by atoms with Crippen LogP contribution in [0.5, 0.6) is 17.2 Å². The van der Waals surface area contributed by atoms with Crippen molar-refractivity contribution in [1.29, 1.82) is 0 Å². The van der Waals surface area contributed by atoms with Gasteiger partial charge in [-0.1, -0.05) is 65.2 Å². The van der Waals surface area contributed by atoms with E-state index in [1.54, 1.807) is 48.6 Å². The van der Waals surface area contributed by atoms with E-state index in [-0.39, 0.29) is 54.3 Å². The number of alkyl halides is 3. The predicted octanol–water partition coefficient (Wildman–Crippen LogP) is 7.92. The highest BCUT2D eigenvalue weighted by Crippen LogP contribution is 2.62. The molecule has 2 aromatic heterocycles. The average Bonchev–Trinajstić information content (AvgIpc) is 3.86. The summed E-state index contributed by atoms with van der Waals surface area (Å²) in [6.07, 6.45) is 1.27. The number of nitrogens with one attached hydrogen (secondary N) is 1. The minimum atomic E-state index is -4.76. The number of hydrazine groups is 1. The number of anilines is 1. The smallest absolute Gasteiger partial charge is 0.417 e. The van der Waals surface area contributed by atoms with E-state index in [0.29, 0.717) is 34.0 Å². The number of carbonyl (C=O) groups excluding carboxylic acids is 4. The highest BCUT2D eigenvalue weighted by atomic mass is 35.5. The van der Waals surface area contributed by atoms with Crippen LogP contribution in [0.4, 0.5) is 19.0 Å². The second-order valence-corrected chi connectivity index (χ2v) is 16.3. The third-order valence-corrected chi connectivity index (χ3v) is 13.0. The molecule has 8 rings (SSSR count). The maximum atomic E-state index is 15.3. The SMILES string of the molecule is COc1cc(C=C[C@H]2C3=CC[C@@H]4C(=O)N(Cc5cccs5)C(=O)[C@@H]4[C@@H]3C[C@H]3C(=O)N(Nc4ncc(C(F)(F)F)cc4Cl)C(=O)[C@@]23c2ccc(Cl)cc2)cc(OC)c1O. The van der Waals surface area contributed by atoms with Crippen LogP contribution in [0, 0.1) is 29.6 Å². The van der Waals surface area contributed by atoms with Crippen molar-refractivity contribution in [2.75, 3.05) is 19.6 Å². The number of aromatic nitrogens is 1. The molecular formula is C41H33Cl2F3N4O7S. The van der Waals surface area contributed by atoms with Crippen LogP contribution >= 0.6 is 34.5 Å². The lowest BCUT2D eigenvalue weighted by molar-refractivity contribution is -0.142. The summed E-state index contributed by atoms with van der Waals surface area (Å²) < 4.78 is 51.3. The Bertz CT molecular complexity index is 2380. The Balaban J connectivity index is 1.29. The third kappa shape index (κ3) is 6.30. The van der Waals surface area contributed by atoms with Gasteiger partial charge >= 0.3 is 6.18 Å². The van der Waals surface area contributed by atoms with Crippen molar-refractivity contribution in [3.8, 4) is 17.2 Å². The van der Waals surface area contributed by atoms with Crippen molar-refractivity contribution < 1.29 is 46.9 Å². The van der Waals surface area contributed by atoms with Crippen LogP contribution in [0.25, 0.3) is 6.08 Å². The summed E-state index contributed by atoms with van der Waals surface area (Å²) in [6.45, 7) is 0.104. The molecule has 6 atom stereocenters. The number of benzene rings is 2. The molecule has 4 amide bonds. The number of carbonyl (C=O) groups is 4. The van der Waals surface area contributed by atoms with Crippen LogP contribution in [0.15, 0.2) is 83.9 Å². The summed E-state index contributed by atoms with van der Waals surface area (Å²) in [7, 11) is 2.75. The summed E-state index contributed by atoms with van der Waals surface area (Å²) in [5.74, 6) is -6.89. The number of hydrogen-bond acceptors (Lipinski definition) is 10. The number of methoxy groups -OCH3 is 2. The molecule has 2 aliphatic carbocycles. The topological polar surface area (TPSA) is 138 Å². The first kappa shape index (κ1) is 39.4. The van der Waals surface area contributed by atoms with Crippen molar-refractivity contribution in [2.24, 2.45) is 29.6 Å². The molecule has 0 spiro atoms. The molecule has 2 saturated heterocycles. The number of imide groups is 2. The quantitative estimate of drug-likeness (QED) is 0.127. The van der Waals surface area contributed by atoms with Gasteiger partial charge in [-0.2, -0.15) is 18.2 Å². The highest BCUT2D eigenvalue weighted by Gasteiger charge is 2.69.